The summed E-state index contributed by atoms with van der Waals surface area (Å²) in [7, 11) is 0. The van der Waals surface area contributed by atoms with Gasteiger partial charge in [0.2, 0.25) is 0 Å². The van der Waals surface area contributed by atoms with Crippen molar-refractivity contribution >= 4 is 17.7 Å². The minimum atomic E-state index is 0.0457. The SMILES string of the molecule is CC(C)Sc1ccc(C(=O)NCC2(N3CCOCC3)CCCCC2)cc1. The first-order valence-corrected chi connectivity index (χ1v) is 10.8. The average molecular weight is 377 g/mol. The van der Waals surface area contributed by atoms with Gasteiger partial charge in [0.15, 0.2) is 0 Å². The lowest BCUT2D eigenvalue weighted by atomic mass is 9.79. The Kier molecular flexibility index (Phi) is 7.01. The second kappa shape index (κ2) is 9.25. The molecule has 1 saturated heterocycles. The third kappa shape index (κ3) is 5.02. The van der Waals surface area contributed by atoms with Gasteiger partial charge in [0.05, 0.1) is 13.2 Å². The Balaban J connectivity index is 1.61. The van der Waals surface area contributed by atoms with E-state index in [1.807, 2.05) is 23.9 Å². The summed E-state index contributed by atoms with van der Waals surface area (Å²) in [5, 5.41) is 3.79. The summed E-state index contributed by atoms with van der Waals surface area (Å²) in [6.07, 6.45) is 6.19. The maximum absolute atomic E-state index is 12.7. The zero-order valence-electron chi connectivity index (χ0n) is 16.1. The van der Waals surface area contributed by atoms with Gasteiger partial charge in [-0.25, -0.2) is 0 Å². The molecular weight excluding hydrogens is 344 g/mol. The normalized spacial score (nSPS) is 20.9. The molecule has 2 aliphatic rings. The van der Waals surface area contributed by atoms with E-state index in [0.717, 1.165) is 38.4 Å². The first kappa shape index (κ1) is 19.7. The Bertz CT molecular complexity index is 576. The van der Waals surface area contributed by atoms with Gasteiger partial charge in [-0.3, -0.25) is 9.69 Å². The molecule has 2 fully saturated rings. The van der Waals surface area contributed by atoms with Crippen molar-refractivity contribution in [2.24, 2.45) is 0 Å². The van der Waals surface area contributed by atoms with Crippen molar-refractivity contribution in [2.45, 2.75) is 61.6 Å². The molecule has 0 bridgehead atoms. The fourth-order valence-electron chi connectivity index (χ4n) is 4.16. The van der Waals surface area contributed by atoms with E-state index in [-0.39, 0.29) is 11.4 Å². The maximum Gasteiger partial charge on any atom is 0.251 e. The number of ether oxygens (including phenoxy) is 1. The second-order valence-corrected chi connectivity index (χ2v) is 9.41. The van der Waals surface area contributed by atoms with Crippen LogP contribution in [-0.4, -0.2) is 54.4 Å². The summed E-state index contributed by atoms with van der Waals surface area (Å²) in [5.41, 5.74) is 0.872. The molecule has 0 radical (unpaired) electrons. The molecule has 0 unspecified atom stereocenters. The minimum absolute atomic E-state index is 0.0457. The van der Waals surface area contributed by atoms with Gasteiger partial charge in [0, 0.05) is 40.9 Å². The number of nitrogens with one attached hydrogen (secondary N) is 1. The lowest BCUT2D eigenvalue weighted by Gasteiger charge is -2.48. The predicted molar refractivity (Wildman–Crippen MR) is 108 cm³/mol. The Labute approximate surface area is 162 Å². The molecule has 0 spiro atoms. The number of morpholine rings is 1. The Morgan fingerprint density at radius 2 is 1.81 bits per heavy atom. The van der Waals surface area contributed by atoms with Crippen LogP contribution in [-0.2, 0) is 4.74 Å². The summed E-state index contributed by atoms with van der Waals surface area (Å²) in [5.74, 6) is 0.0457. The van der Waals surface area contributed by atoms with E-state index >= 15 is 0 Å². The molecule has 1 N–H and O–H groups in total. The van der Waals surface area contributed by atoms with Crippen molar-refractivity contribution in [1.29, 1.82) is 0 Å². The monoisotopic (exact) mass is 376 g/mol. The Morgan fingerprint density at radius 1 is 1.15 bits per heavy atom. The van der Waals surface area contributed by atoms with E-state index in [1.165, 1.54) is 37.0 Å². The first-order chi connectivity index (χ1) is 12.6. The molecule has 0 aromatic heterocycles. The number of rotatable bonds is 6. The molecule has 1 saturated carbocycles. The summed E-state index contributed by atoms with van der Waals surface area (Å²) < 4.78 is 5.54. The summed E-state index contributed by atoms with van der Waals surface area (Å²) in [6, 6.07) is 8.00. The molecule has 1 aliphatic heterocycles. The third-order valence-electron chi connectivity index (χ3n) is 5.53. The van der Waals surface area contributed by atoms with Gasteiger partial charge in [-0.15, -0.1) is 11.8 Å². The van der Waals surface area contributed by atoms with E-state index < -0.39 is 0 Å². The molecule has 1 aromatic rings. The zero-order valence-corrected chi connectivity index (χ0v) is 16.9. The highest BCUT2D eigenvalue weighted by atomic mass is 32.2. The van der Waals surface area contributed by atoms with E-state index in [2.05, 4.69) is 36.2 Å². The van der Waals surface area contributed by atoms with Gasteiger partial charge in [-0.2, -0.15) is 0 Å². The molecule has 5 heteroatoms. The molecule has 26 heavy (non-hydrogen) atoms. The molecule has 0 atom stereocenters. The maximum atomic E-state index is 12.7. The minimum Gasteiger partial charge on any atom is -0.379 e. The number of hydrogen-bond donors (Lipinski definition) is 1. The quantitative estimate of drug-likeness (QED) is 0.763. The van der Waals surface area contributed by atoms with Gasteiger partial charge in [0.25, 0.3) is 5.91 Å². The fourth-order valence-corrected chi connectivity index (χ4v) is 4.99. The van der Waals surface area contributed by atoms with Gasteiger partial charge in [-0.05, 0) is 37.1 Å². The Morgan fingerprint density at radius 3 is 2.42 bits per heavy atom. The highest BCUT2D eigenvalue weighted by Gasteiger charge is 2.38. The number of nitrogens with zero attached hydrogens (tertiary/aromatic N) is 1. The molecule has 3 rings (SSSR count). The lowest BCUT2D eigenvalue weighted by molar-refractivity contribution is -0.0361. The van der Waals surface area contributed by atoms with E-state index in [1.54, 1.807) is 0 Å². The summed E-state index contributed by atoms with van der Waals surface area (Å²) >= 11 is 1.82. The van der Waals surface area contributed by atoms with Gasteiger partial charge in [0.1, 0.15) is 0 Å². The highest BCUT2D eigenvalue weighted by Crippen LogP contribution is 2.34. The zero-order chi connectivity index (χ0) is 18.4. The first-order valence-electron chi connectivity index (χ1n) is 9.97. The van der Waals surface area contributed by atoms with E-state index in [4.69, 9.17) is 4.74 Å². The van der Waals surface area contributed by atoms with Gasteiger partial charge < -0.3 is 10.1 Å². The number of thioether (sulfide) groups is 1. The van der Waals surface area contributed by atoms with Crippen molar-refractivity contribution in [1.82, 2.24) is 10.2 Å². The van der Waals surface area contributed by atoms with Gasteiger partial charge in [-0.1, -0.05) is 33.1 Å². The van der Waals surface area contributed by atoms with E-state index in [0.29, 0.717) is 5.25 Å². The topological polar surface area (TPSA) is 41.6 Å². The van der Waals surface area contributed by atoms with Crippen LogP contribution in [0.3, 0.4) is 0 Å². The van der Waals surface area contributed by atoms with Crippen LogP contribution in [0.15, 0.2) is 29.2 Å². The molecule has 4 nitrogen and oxygen atoms in total. The smallest absolute Gasteiger partial charge is 0.251 e. The van der Waals surface area contributed by atoms with Gasteiger partial charge >= 0.3 is 0 Å². The third-order valence-corrected chi connectivity index (χ3v) is 6.55. The highest BCUT2D eigenvalue weighted by molar-refractivity contribution is 7.99. The van der Waals surface area contributed by atoms with Crippen molar-refractivity contribution in [3.63, 3.8) is 0 Å². The number of amides is 1. The molecule has 1 amide bonds. The van der Waals surface area contributed by atoms with E-state index in [9.17, 15) is 4.79 Å². The van der Waals surface area contributed by atoms with Crippen LogP contribution < -0.4 is 5.32 Å². The number of carbonyl (C=O) groups excluding carboxylic acids is 1. The van der Waals surface area contributed by atoms with Crippen LogP contribution in [0.1, 0.15) is 56.3 Å². The predicted octanol–water partition coefficient (Wildman–Crippen LogP) is 3.95. The van der Waals surface area contributed by atoms with Crippen LogP contribution in [0.4, 0.5) is 0 Å². The molecular formula is C21H32N2O2S. The number of benzene rings is 1. The number of hydrogen-bond acceptors (Lipinski definition) is 4. The largest absolute Gasteiger partial charge is 0.379 e. The van der Waals surface area contributed by atoms with Crippen LogP contribution in [0.5, 0.6) is 0 Å². The van der Waals surface area contributed by atoms with Crippen molar-refractivity contribution < 1.29 is 9.53 Å². The summed E-state index contributed by atoms with van der Waals surface area (Å²) in [4.78, 5) is 16.5. The van der Waals surface area contributed by atoms with Crippen LogP contribution >= 0.6 is 11.8 Å². The van der Waals surface area contributed by atoms with Crippen molar-refractivity contribution in [3.8, 4) is 0 Å². The molecule has 1 heterocycles. The molecule has 144 valence electrons. The average Bonchev–Trinajstić information content (AvgIpc) is 2.68. The molecule has 1 aromatic carbocycles. The lowest BCUT2D eigenvalue weighted by Crippen LogP contribution is -2.59. The van der Waals surface area contributed by atoms with Crippen LogP contribution in [0, 0.1) is 0 Å². The molecule has 1 aliphatic carbocycles. The van der Waals surface area contributed by atoms with Crippen molar-refractivity contribution in [2.75, 3.05) is 32.8 Å². The van der Waals surface area contributed by atoms with Crippen LogP contribution in [0.2, 0.25) is 0 Å². The second-order valence-electron chi connectivity index (χ2n) is 7.76. The Hall–Kier alpha value is -1.04. The number of carbonyl (C=O) groups is 1. The van der Waals surface area contributed by atoms with Crippen LogP contribution in [0.25, 0.3) is 0 Å². The van der Waals surface area contributed by atoms with Crippen molar-refractivity contribution in [3.05, 3.63) is 29.8 Å². The summed E-state index contributed by atoms with van der Waals surface area (Å²) in [6.45, 7) is 8.69. The fraction of sp³-hybridized carbons (Fsp3) is 0.667. The standard InChI is InChI=1S/C21H32N2O2S/c1-17(2)26-19-8-6-18(7-9-19)20(24)22-16-21(10-4-3-5-11-21)23-12-14-25-15-13-23/h6-9,17H,3-5,10-16H2,1-2H3,(H,22,24).